The zero-order valence-corrected chi connectivity index (χ0v) is 24.3. The largest absolute Gasteiger partial charge is 0.404 e. The van der Waals surface area contributed by atoms with Crippen molar-refractivity contribution in [3.63, 3.8) is 0 Å². The topological polar surface area (TPSA) is 144 Å². The van der Waals surface area contributed by atoms with E-state index in [9.17, 15) is 9.59 Å². The van der Waals surface area contributed by atoms with E-state index in [-0.39, 0.29) is 11.5 Å². The van der Waals surface area contributed by atoms with Gasteiger partial charge in [0, 0.05) is 51.1 Å². The Balaban J connectivity index is 0.000000285. The zero-order chi connectivity index (χ0) is 29.3. The number of carbonyl (C=O) groups excluding carboxylic acids is 2. The van der Waals surface area contributed by atoms with E-state index in [1.165, 1.54) is 31.8 Å². The molecule has 0 aromatic carbocycles. The highest BCUT2D eigenvalue weighted by atomic mass is 16.1. The van der Waals surface area contributed by atoms with E-state index in [2.05, 4.69) is 56.4 Å². The molecule has 3 aromatic rings. The minimum atomic E-state index is -0.390. The Morgan fingerprint density at radius 1 is 1.18 bits per heavy atom. The molecule has 11 nitrogen and oxygen atoms in total. The van der Waals surface area contributed by atoms with E-state index in [4.69, 9.17) is 5.73 Å². The second-order valence-electron chi connectivity index (χ2n) is 11.1. The summed E-state index contributed by atoms with van der Waals surface area (Å²) < 4.78 is 1.68. The van der Waals surface area contributed by atoms with Crippen LogP contribution in [0.2, 0.25) is 0 Å². The van der Waals surface area contributed by atoms with E-state index >= 15 is 0 Å². The van der Waals surface area contributed by atoms with Crippen molar-refractivity contribution in [1.29, 1.82) is 0 Å². The molecule has 0 spiro atoms. The molecule has 1 aliphatic heterocycles. The lowest BCUT2D eigenvalue weighted by molar-refractivity contribution is -0.111. The highest BCUT2D eigenvalue weighted by Gasteiger charge is 2.27. The molecule has 3 aromatic heterocycles. The van der Waals surface area contributed by atoms with Gasteiger partial charge in [-0.05, 0) is 37.8 Å². The highest BCUT2D eigenvalue weighted by Crippen LogP contribution is 2.25. The number of hydrogen-bond acceptors (Lipinski definition) is 9. The van der Waals surface area contributed by atoms with E-state index in [0.717, 1.165) is 30.5 Å². The molecule has 40 heavy (non-hydrogen) atoms. The van der Waals surface area contributed by atoms with Gasteiger partial charge in [0.25, 0.3) is 5.91 Å². The van der Waals surface area contributed by atoms with Crippen molar-refractivity contribution in [2.24, 2.45) is 18.2 Å². The first-order valence-electron chi connectivity index (χ1n) is 13.4. The third-order valence-electron chi connectivity index (χ3n) is 6.51. The average Bonchev–Trinajstić information content (AvgIpc) is 3.54. The number of nitrogens with one attached hydrogen (secondary N) is 2. The number of aromatic nitrogens is 5. The molecule has 11 heteroatoms. The summed E-state index contributed by atoms with van der Waals surface area (Å²) in [5.41, 5.74) is 10.2. The van der Waals surface area contributed by atoms with Crippen LogP contribution in [0.5, 0.6) is 0 Å². The minimum Gasteiger partial charge on any atom is -0.404 e. The fourth-order valence-electron chi connectivity index (χ4n) is 4.52. The number of anilines is 2. The van der Waals surface area contributed by atoms with E-state index in [1.54, 1.807) is 36.4 Å². The molecule has 1 fully saturated rings. The van der Waals surface area contributed by atoms with Gasteiger partial charge in [-0.25, -0.2) is 0 Å². The second kappa shape index (κ2) is 13.8. The van der Waals surface area contributed by atoms with Crippen LogP contribution in [0.1, 0.15) is 51.4 Å². The summed E-state index contributed by atoms with van der Waals surface area (Å²) in [6.07, 6.45) is 13.8. The first-order chi connectivity index (χ1) is 19.0. The molecule has 1 atom stereocenters. The lowest BCUT2D eigenvalue weighted by Gasteiger charge is -2.30. The van der Waals surface area contributed by atoms with Crippen LogP contribution < -0.4 is 16.4 Å². The van der Waals surface area contributed by atoms with Gasteiger partial charge in [0.1, 0.15) is 6.29 Å². The number of hydrogen-bond donors (Lipinski definition) is 3. The number of rotatable bonds is 8. The van der Waals surface area contributed by atoms with Gasteiger partial charge in [-0.1, -0.05) is 20.8 Å². The molecule has 4 rings (SSSR count). The summed E-state index contributed by atoms with van der Waals surface area (Å²) in [7, 11) is 3.60. The maximum Gasteiger partial charge on any atom is 0.259 e. The maximum atomic E-state index is 12.7. The Morgan fingerprint density at radius 2 is 1.95 bits per heavy atom. The predicted octanol–water partition coefficient (Wildman–Crippen LogP) is 3.65. The van der Waals surface area contributed by atoms with Crippen LogP contribution in [0.3, 0.4) is 0 Å². The van der Waals surface area contributed by atoms with Crippen molar-refractivity contribution < 1.29 is 9.59 Å². The van der Waals surface area contributed by atoms with Gasteiger partial charge in [-0.2, -0.15) is 5.10 Å². The molecule has 4 heterocycles. The number of pyridine rings is 1. The second-order valence-corrected chi connectivity index (χ2v) is 11.1. The van der Waals surface area contributed by atoms with Crippen molar-refractivity contribution >= 4 is 29.1 Å². The third-order valence-corrected chi connectivity index (χ3v) is 6.51. The first-order valence-corrected chi connectivity index (χ1v) is 13.4. The average molecular weight is 548 g/mol. The molecule has 214 valence electrons. The van der Waals surface area contributed by atoms with E-state index in [1.807, 2.05) is 20.2 Å². The fraction of sp³-hybridized carbons (Fsp3) is 0.448. The number of nitrogens with zero attached hydrogens (tertiary/aromatic N) is 6. The van der Waals surface area contributed by atoms with E-state index < -0.39 is 0 Å². The van der Waals surface area contributed by atoms with Gasteiger partial charge in [-0.15, -0.1) is 0 Å². The van der Waals surface area contributed by atoms with Gasteiger partial charge < -0.3 is 21.2 Å². The van der Waals surface area contributed by atoms with Crippen LogP contribution in [-0.2, 0) is 16.6 Å². The van der Waals surface area contributed by atoms with Crippen molar-refractivity contribution in [1.82, 2.24) is 29.6 Å². The number of aldehydes is 1. The number of aryl methyl sites for hydroxylation is 2. The predicted molar refractivity (Wildman–Crippen MR) is 158 cm³/mol. The molecule has 1 unspecified atom stereocenters. The minimum absolute atomic E-state index is 0.217. The SMILES string of the molecule is CC(C)(C)CN1CCCC1CC=O.CNc1cnc(C)c(NC(=O)/C(=C/N)c2cnc(-c3cnn(C)c3)cn2)c1. The van der Waals surface area contributed by atoms with Crippen LogP contribution in [0, 0.1) is 12.3 Å². The quantitative estimate of drug-likeness (QED) is 0.284. The molecule has 0 aliphatic carbocycles. The van der Waals surface area contributed by atoms with Crippen LogP contribution in [0.15, 0.2) is 43.3 Å². The van der Waals surface area contributed by atoms with Crippen molar-refractivity contribution in [3.05, 3.63) is 54.6 Å². The van der Waals surface area contributed by atoms with E-state index in [0.29, 0.717) is 34.2 Å². The molecule has 1 aliphatic rings. The summed E-state index contributed by atoms with van der Waals surface area (Å²) in [6.45, 7) is 10.9. The Morgan fingerprint density at radius 3 is 2.52 bits per heavy atom. The fourth-order valence-corrected chi connectivity index (χ4v) is 4.52. The molecule has 1 saturated heterocycles. The summed E-state index contributed by atoms with van der Waals surface area (Å²) in [4.78, 5) is 38.5. The van der Waals surface area contributed by atoms with Crippen molar-refractivity contribution in [2.75, 3.05) is 30.8 Å². The maximum absolute atomic E-state index is 12.7. The smallest absolute Gasteiger partial charge is 0.259 e. The lowest BCUT2D eigenvalue weighted by atomic mass is 9.95. The van der Waals surface area contributed by atoms with Gasteiger partial charge in [-0.3, -0.25) is 29.3 Å². The molecule has 0 saturated carbocycles. The van der Waals surface area contributed by atoms with Gasteiger partial charge in [0.15, 0.2) is 0 Å². The van der Waals surface area contributed by atoms with Gasteiger partial charge in [0.2, 0.25) is 0 Å². The third kappa shape index (κ3) is 8.44. The first kappa shape index (κ1) is 30.4. The number of likely N-dealkylation sites (tertiary alicyclic amines) is 1. The van der Waals surface area contributed by atoms with Crippen LogP contribution in [0.25, 0.3) is 16.8 Å². The Hall–Kier alpha value is -4.12. The molecular formula is C29H41N9O2. The monoisotopic (exact) mass is 547 g/mol. The molecule has 1 amide bonds. The highest BCUT2D eigenvalue weighted by molar-refractivity contribution is 6.24. The lowest BCUT2D eigenvalue weighted by Crippen LogP contribution is -2.36. The summed E-state index contributed by atoms with van der Waals surface area (Å²) in [5.74, 6) is -0.390. The number of carbonyl (C=O) groups is 2. The normalized spacial score (nSPS) is 15.8. The number of amides is 1. The van der Waals surface area contributed by atoms with Crippen molar-refractivity contribution in [3.8, 4) is 11.3 Å². The molecule has 4 N–H and O–H groups in total. The Labute approximate surface area is 236 Å². The van der Waals surface area contributed by atoms with Crippen molar-refractivity contribution in [2.45, 2.75) is 53.0 Å². The molecule has 0 bridgehead atoms. The Kier molecular flexibility index (Phi) is 10.5. The van der Waals surface area contributed by atoms with Crippen LogP contribution in [0.4, 0.5) is 11.4 Å². The van der Waals surface area contributed by atoms with Crippen LogP contribution in [-0.4, -0.2) is 68.0 Å². The summed E-state index contributed by atoms with van der Waals surface area (Å²) in [5, 5.41) is 9.90. The zero-order valence-electron chi connectivity index (χ0n) is 24.3. The standard InChI is InChI=1S/C18H20N8O.C11H21NO/c1-11-15(4-13(20-2)7-21-11)25-18(27)14(5-19)17-9-22-16(8-23-17)12-6-24-26(3)10-12;1-11(2,3)9-12-7-4-5-10(12)6-8-13/h4-10,20H,19H2,1-3H3,(H,25,27);8,10H,4-7,9H2,1-3H3/b14-5+;. The molecule has 0 radical (unpaired) electrons. The summed E-state index contributed by atoms with van der Waals surface area (Å²) >= 11 is 0. The van der Waals surface area contributed by atoms with Crippen LogP contribution >= 0.6 is 0 Å². The summed E-state index contributed by atoms with van der Waals surface area (Å²) in [6, 6.07) is 2.32. The van der Waals surface area contributed by atoms with Gasteiger partial charge >= 0.3 is 0 Å². The van der Waals surface area contributed by atoms with Gasteiger partial charge in [0.05, 0.1) is 58.8 Å². The Bertz CT molecular complexity index is 1310. The number of nitrogens with two attached hydrogens (primary N) is 1. The molecular weight excluding hydrogens is 506 g/mol.